The molecule has 4 aromatic rings. The van der Waals surface area contributed by atoms with Gasteiger partial charge in [-0.3, -0.25) is 4.79 Å². The van der Waals surface area contributed by atoms with Gasteiger partial charge in [0.1, 0.15) is 5.69 Å². The van der Waals surface area contributed by atoms with E-state index in [9.17, 15) is 9.90 Å². The van der Waals surface area contributed by atoms with Crippen LogP contribution in [0.15, 0.2) is 46.9 Å². The number of nitrogens with zero attached hydrogens (tertiary/aromatic N) is 2. The summed E-state index contributed by atoms with van der Waals surface area (Å²) in [6, 6.07) is 13.5. The molecule has 0 aliphatic rings. The summed E-state index contributed by atoms with van der Waals surface area (Å²) >= 11 is 7.34. The lowest BCUT2D eigenvalue weighted by molar-refractivity contribution is -0.136. The van der Waals surface area contributed by atoms with E-state index in [2.05, 4.69) is 4.98 Å². The number of aromatic nitrogens is 2. The van der Waals surface area contributed by atoms with Crippen molar-refractivity contribution >= 4 is 39.8 Å². The van der Waals surface area contributed by atoms with Crippen molar-refractivity contribution in [2.45, 2.75) is 6.42 Å². The van der Waals surface area contributed by atoms with Crippen molar-refractivity contribution in [3.63, 3.8) is 0 Å². The minimum absolute atomic E-state index is 0.210. The van der Waals surface area contributed by atoms with Crippen molar-refractivity contribution in [1.29, 1.82) is 0 Å². The van der Waals surface area contributed by atoms with Gasteiger partial charge in [0.15, 0.2) is 5.76 Å². The number of para-hydroxylation sites is 1. The Bertz CT molecular complexity index is 1090. The van der Waals surface area contributed by atoms with Crippen molar-refractivity contribution in [3.05, 3.63) is 52.5 Å². The Labute approximate surface area is 152 Å². The summed E-state index contributed by atoms with van der Waals surface area (Å²) in [5.74, 6) is -0.102. The molecule has 0 saturated carbocycles. The average Bonchev–Trinajstić information content (AvgIpc) is 3.25. The molecule has 126 valence electrons. The second kappa shape index (κ2) is 6.06. The number of carboxylic acids is 1. The van der Waals surface area contributed by atoms with E-state index in [1.807, 2.05) is 48.0 Å². The van der Waals surface area contributed by atoms with E-state index in [4.69, 9.17) is 16.0 Å². The van der Waals surface area contributed by atoms with Crippen LogP contribution in [0.5, 0.6) is 0 Å². The lowest BCUT2D eigenvalue weighted by atomic mass is 10.2. The number of hydrogen-bond acceptors (Lipinski definition) is 4. The van der Waals surface area contributed by atoms with E-state index in [0.717, 1.165) is 21.5 Å². The Hall–Kier alpha value is -2.57. The number of halogens is 1. The van der Waals surface area contributed by atoms with Gasteiger partial charge in [0.2, 0.25) is 5.89 Å². The molecule has 1 aromatic carbocycles. The number of fused-ring (bicyclic) bond motifs is 1. The van der Waals surface area contributed by atoms with Crippen LogP contribution in [0.4, 0.5) is 0 Å². The van der Waals surface area contributed by atoms with Gasteiger partial charge in [0.25, 0.3) is 0 Å². The van der Waals surface area contributed by atoms with Crippen LogP contribution < -0.4 is 0 Å². The Morgan fingerprint density at radius 3 is 2.80 bits per heavy atom. The first-order valence-corrected chi connectivity index (χ1v) is 8.74. The summed E-state index contributed by atoms with van der Waals surface area (Å²) in [6.45, 7) is 0. The Morgan fingerprint density at radius 1 is 1.32 bits per heavy atom. The van der Waals surface area contributed by atoms with Gasteiger partial charge in [-0.25, -0.2) is 4.98 Å². The number of hydrogen-bond donors (Lipinski definition) is 1. The topological polar surface area (TPSA) is 68.3 Å². The van der Waals surface area contributed by atoms with Gasteiger partial charge in [0.05, 0.1) is 21.3 Å². The first-order chi connectivity index (χ1) is 12.0. The molecule has 1 N–H and O–H groups in total. The summed E-state index contributed by atoms with van der Waals surface area (Å²) < 4.78 is 8.56. The molecule has 4 rings (SSSR count). The lowest BCUT2D eigenvalue weighted by Crippen LogP contribution is -2.01. The fraction of sp³-hybridized carbons (Fsp3) is 0.111. The van der Waals surface area contributed by atoms with E-state index in [1.165, 1.54) is 11.3 Å². The fourth-order valence-electron chi connectivity index (χ4n) is 2.85. The minimum atomic E-state index is -0.958. The van der Waals surface area contributed by atoms with Crippen LogP contribution in [0.2, 0.25) is 4.34 Å². The second-order valence-corrected chi connectivity index (χ2v) is 7.33. The van der Waals surface area contributed by atoms with Crippen LogP contribution in [0.1, 0.15) is 5.69 Å². The molecule has 3 heterocycles. The molecule has 0 saturated heterocycles. The van der Waals surface area contributed by atoms with Gasteiger partial charge in [-0.1, -0.05) is 29.8 Å². The molecule has 0 unspecified atom stereocenters. The Balaban J connectivity index is 1.88. The number of benzene rings is 1. The monoisotopic (exact) mass is 372 g/mol. The highest BCUT2D eigenvalue weighted by atomic mass is 35.5. The highest BCUT2D eigenvalue weighted by molar-refractivity contribution is 7.19. The van der Waals surface area contributed by atoms with E-state index in [1.54, 1.807) is 6.07 Å². The van der Waals surface area contributed by atoms with Crippen LogP contribution in [-0.2, 0) is 18.3 Å². The van der Waals surface area contributed by atoms with E-state index in [0.29, 0.717) is 21.7 Å². The fourth-order valence-corrected chi connectivity index (χ4v) is 3.89. The summed E-state index contributed by atoms with van der Waals surface area (Å²) in [5.41, 5.74) is 2.24. The summed E-state index contributed by atoms with van der Waals surface area (Å²) in [5, 5.41) is 10.3. The maximum Gasteiger partial charge on any atom is 0.309 e. The number of oxazole rings is 1. The number of aryl methyl sites for hydroxylation is 1. The number of thiophene rings is 1. The predicted molar refractivity (Wildman–Crippen MR) is 98.1 cm³/mol. The van der Waals surface area contributed by atoms with Gasteiger partial charge in [-0.15, -0.1) is 11.3 Å². The van der Waals surface area contributed by atoms with Crippen LogP contribution in [0, 0.1) is 0 Å². The van der Waals surface area contributed by atoms with E-state index >= 15 is 0 Å². The molecule has 0 fully saturated rings. The molecule has 0 aliphatic carbocycles. The van der Waals surface area contributed by atoms with Crippen LogP contribution in [0.25, 0.3) is 33.1 Å². The largest absolute Gasteiger partial charge is 0.481 e. The molecular weight excluding hydrogens is 360 g/mol. The average molecular weight is 373 g/mol. The summed E-state index contributed by atoms with van der Waals surface area (Å²) in [7, 11) is 1.93. The van der Waals surface area contributed by atoms with Gasteiger partial charge in [-0.2, -0.15) is 0 Å². The summed E-state index contributed by atoms with van der Waals surface area (Å²) in [6.07, 6.45) is -0.210. The molecule has 7 heteroatoms. The normalized spacial score (nSPS) is 11.3. The zero-order chi connectivity index (χ0) is 17.6. The Kier molecular flexibility index (Phi) is 3.86. The third kappa shape index (κ3) is 2.83. The quantitative estimate of drug-likeness (QED) is 0.556. The molecule has 3 aromatic heterocycles. The second-order valence-electron chi connectivity index (χ2n) is 5.62. The van der Waals surface area contributed by atoms with Gasteiger partial charge < -0.3 is 14.1 Å². The van der Waals surface area contributed by atoms with E-state index < -0.39 is 5.97 Å². The van der Waals surface area contributed by atoms with Gasteiger partial charge in [-0.05, 0) is 24.3 Å². The van der Waals surface area contributed by atoms with Crippen molar-refractivity contribution in [1.82, 2.24) is 9.55 Å². The molecule has 0 bridgehead atoms. The number of carbonyl (C=O) groups is 1. The van der Waals surface area contributed by atoms with Crippen LogP contribution in [-0.4, -0.2) is 20.6 Å². The van der Waals surface area contributed by atoms with Crippen molar-refractivity contribution in [2.24, 2.45) is 7.05 Å². The zero-order valence-corrected chi connectivity index (χ0v) is 14.8. The SMILES string of the molecule is Cn1c(-c2nc(CC(=O)O)c(-c3ccc(Cl)s3)o2)cc2ccccc21. The molecular formula is C18H13ClN2O3S. The molecule has 0 amide bonds. The third-order valence-electron chi connectivity index (χ3n) is 3.98. The van der Waals surface area contributed by atoms with Crippen LogP contribution >= 0.6 is 22.9 Å². The Morgan fingerprint density at radius 2 is 2.12 bits per heavy atom. The van der Waals surface area contributed by atoms with Crippen molar-refractivity contribution in [3.8, 4) is 22.2 Å². The summed E-state index contributed by atoms with van der Waals surface area (Å²) in [4.78, 5) is 16.4. The van der Waals surface area contributed by atoms with Gasteiger partial charge in [0, 0.05) is 18.0 Å². The maximum atomic E-state index is 11.2. The molecule has 25 heavy (non-hydrogen) atoms. The smallest absolute Gasteiger partial charge is 0.309 e. The highest BCUT2D eigenvalue weighted by Crippen LogP contribution is 2.37. The van der Waals surface area contributed by atoms with Gasteiger partial charge >= 0.3 is 5.97 Å². The third-order valence-corrected chi connectivity index (χ3v) is 5.21. The van der Waals surface area contributed by atoms with E-state index in [-0.39, 0.29) is 6.42 Å². The number of aliphatic carboxylic acids is 1. The van der Waals surface area contributed by atoms with Crippen LogP contribution in [0.3, 0.4) is 0 Å². The number of rotatable bonds is 4. The molecule has 5 nitrogen and oxygen atoms in total. The first-order valence-electron chi connectivity index (χ1n) is 7.55. The van der Waals surface area contributed by atoms with Crippen molar-refractivity contribution in [2.75, 3.05) is 0 Å². The molecule has 0 radical (unpaired) electrons. The first kappa shape index (κ1) is 15.9. The molecule has 0 aliphatic heterocycles. The lowest BCUT2D eigenvalue weighted by Gasteiger charge is -1.99. The highest BCUT2D eigenvalue weighted by Gasteiger charge is 2.21. The molecule has 0 atom stereocenters. The predicted octanol–water partition coefficient (Wildman–Crippen LogP) is 4.84. The minimum Gasteiger partial charge on any atom is -0.481 e. The van der Waals surface area contributed by atoms with Crippen molar-refractivity contribution < 1.29 is 14.3 Å². The number of carboxylic acid groups (broad SMARTS) is 1. The zero-order valence-electron chi connectivity index (χ0n) is 13.2. The standard InChI is InChI=1S/C18H13ClN2O3S/c1-21-12-5-3-2-4-10(12)8-13(21)18-20-11(9-16(22)23)17(24-18)14-6-7-15(19)25-14/h2-8H,9H2,1H3,(H,22,23). The molecule has 0 spiro atoms. The maximum absolute atomic E-state index is 11.2.